The Hall–Kier alpha value is -3.17. The van der Waals surface area contributed by atoms with Crippen LogP contribution in [0.3, 0.4) is 0 Å². The molecule has 1 aliphatic carbocycles. The zero-order valence-corrected chi connectivity index (χ0v) is 25.5. The van der Waals surface area contributed by atoms with E-state index < -0.39 is 33.4 Å². The van der Waals surface area contributed by atoms with E-state index in [-0.39, 0.29) is 17.4 Å². The lowest BCUT2D eigenvalue weighted by Crippen LogP contribution is -2.35. The van der Waals surface area contributed by atoms with Gasteiger partial charge in [0.25, 0.3) is 10.0 Å². The summed E-state index contributed by atoms with van der Waals surface area (Å²) in [7, 11) is -4.38. The van der Waals surface area contributed by atoms with Crippen LogP contribution in [0.5, 0.6) is 5.75 Å². The second-order valence-corrected chi connectivity index (χ2v) is 12.8. The zero-order chi connectivity index (χ0) is 30.3. The molecule has 10 heteroatoms. The van der Waals surface area contributed by atoms with E-state index in [1.54, 1.807) is 36.1 Å². The van der Waals surface area contributed by atoms with Gasteiger partial charge in [0.2, 0.25) is 5.91 Å². The largest absolute Gasteiger partial charge is 0.491 e. The van der Waals surface area contributed by atoms with Crippen LogP contribution in [0.2, 0.25) is 5.02 Å². The first-order valence-corrected chi connectivity index (χ1v) is 16.2. The molecule has 226 valence electrons. The molecule has 1 unspecified atom stereocenters. The van der Waals surface area contributed by atoms with Gasteiger partial charge in [0.05, 0.1) is 23.2 Å². The lowest BCUT2D eigenvalue weighted by Gasteiger charge is -2.32. The van der Waals surface area contributed by atoms with Gasteiger partial charge in [-0.2, -0.15) is 0 Å². The number of likely N-dealkylation sites (N-methyl/N-ethyl adjacent to an activating group) is 1. The second-order valence-electron chi connectivity index (χ2n) is 10.6. The minimum atomic E-state index is -4.38. The molecule has 0 heterocycles. The average molecular weight is 619 g/mol. The molecule has 1 aliphatic rings. The molecule has 3 aromatic rings. The van der Waals surface area contributed by atoms with Gasteiger partial charge < -0.3 is 9.64 Å². The lowest BCUT2D eigenvalue weighted by molar-refractivity contribution is -0.131. The maximum absolute atomic E-state index is 15.1. The molecule has 0 saturated heterocycles. The summed E-state index contributed by atoms with van der Waals surface area (Å²) in [6.07, 6.45) is 6.30. The number of amides is 1. The molecule has 1 atom stereocenters. The molecule has 0 aliphatic heterocycles. The van der Waals surface area contributed by atoms with Crippen molar-refractivity contribution in [2.45, 2.75) is 63.3 Å². The van der Waals surface area contributed by atoms with Crippen molar-refractivity contribution in [3.05, 3.63) is 89.0 Å². The standard InChI is InChI=1S/C32H37ClF2N2O4S/c1-3-36(32(38)19-12-24-8-4-5-9-24)20-21-41-31-11-7-6-10-28(31)23(2)37(30-22-26(34)15-18-29(30)35)42(39,40)27-16-13-25(33)14-17-27/h6-7,10-11,13-18,22-24H,3-5,8-9,12,19-21H2,1-2H3. The van der Waals surface area contributed by atoms with Gasteiger partial charge >= 0.3 is 0 Å². The number of carbonyl (C=O) groups excluding carboxylic acids is 1. The quantitative estimate of drug-likeness (QED) is 0.196. The first kappa shape index (κ1) is 31.8. The van der Waals surface area contributed by atoms with Gasteiger partial charge in [0.15, 0.2) is 0 Å². The molecule has 3 aromatic carbocycles. The Morgan fingerprint density at radius 2 is 1.74 bits per heavy atom. The molecule has 42 heavy (non-hydrogen) atoms. The van der Waals surface area contributed by atoms with Crippen LogP contribution in [0.1, 0.15) is 64.0 Å². The van der Waals surface area contributed by atoms with Crippen molar-refractivity contribution in [1.82, 2.24) is 4.90 Å². The number of nitrogens with zero attached hydrogens (tertiary/aromatic N) is 2. The highest BCUT2D eigenvalue weighted by Gasteiger charge is 2.34. The summed E-state index contributed by atoms with van der Waals surface area (Å²) in [5.74, 6) is -0.568. The molecule has 1 fully saturated rings. The number of halogens is 3. The summed E-state index contributed by atoms with van der Waals surface area (Å²) < 4.78 is 64.2. The summed E-state index contributed by atoms with van der Waals surface area (Å²) in [5, 5.41) is 0.336. The van der Waals surface area contributed by atoms with Crippen LogP contribution in [-0.4, -0.2) is 38.9 Å². The van der Waals surface area contributed by atoms with E-state index in [4.69, 9.17) is 16.3 Å². The van der Waals surface area contributed by atoms with Gasteiger partial charge in [-0.25, -0.2) is 17.2 Å². The van der Waals surface area contributed by atoms with Crippen LogP contribution in [0, 0.1) is 17.6 Å². The van der Waals surface area contributed by atoms with E-state index in [1.165, 1.54) is 49.9 Å². The van der Waals surface area contributed by atoms with Gasteiger partial charge in [-0.15, -0.1) is 0 Å². The number of ether oxygens (including phenoxy) is 1. The molecule has 0 N–H and O–H groups in total. The van der Waals surface area contributed by atoms with E-state index in [0.717, 1.165) is 28.9 Å². The van der Waals surface area contributed by atoms with Crippen molar-refractivity contribution in [2.24, 2.45) is 5.92 Å². The number of rotatable bonds is 13. The Labute approximate surface area is 252 Å². The fourth-order valence-corrected chi connectivity index (χ4v) is 7.28. The maximum atomic E-state index is 15.1. The summed E-state index contributed by atoms with van der Waals surface area (Å²) in [5.41, 5.74) is 0.0200. The monoisotopic (exact) mass is 618 g/mol. The number of carbonyl (C=O) groups is 1. The second kappa shape index (κ2) is 14.3. The molecule has 0 bridgehead atoms. The molecular formula is C32H37ClF2N2O4S. The van der Waals surface area contributed by atoms with Crippen molar-refractivity contribution in [1.29, 1.82) is 0 Å². The Morgan fingerprint density at radius 1 is 1.05 bits per heavy atom. The van der Waals surface area contributed by atoms with Crippen molar-refractivity contribution in [3.63, 3.8) is 0 Å². The predicted octanol–water partition coefficient (Wildman–Crippen LogP) is 7.77. The number of sulfonamides is 1. The van der Waals surface area contributed by atoms with Gasteiger partial charge in [-0.3, -0.25) is 9.10 Å². The summed E-state index contributed by atoms with van der Waals surface area (Å²) in [6, 6.07) is 14.0. The average Bonchev–Trinajstić information content (AvgIpc) is 3.50. The van der Waals surface area contributed by atoms with E-state index in [1.807, 2.05) is 6.92 Å². The Bertz CT molecular complexity index is 1460. The molecule has 4 rings (SSSR count). The van der Waals surface area contributed by atoms with Crippen LogP contribution in [0.25, 0.3) is 0 Å². The summed E-state index contributed by atoms with van der Waals surface area (Å²) in [6.45, 7) is 4.62. The van der Waals surface area contributed by atoms with Crippen LogP contribution >= 0.6 is 11.6 Å². The molecule has 1 amide bonds. The fraction of sp³-hybridized carbons (Fsp3) is 0.406. The third kappa shape index (κ3) is 7.61. The molecular weight excluding hydrogens is 582 g/mol. The molecule has 1 saturated carbocycles. The Morgan fingerprint density at radius 3 is 2.43 bits per heavy atom. The maximum Gasteiger partial charge on any atom is 0.264 e. The number of hydrogen-bond donors (Lipinski definition) is 0. The summed E-state index contributed by atoms with van der Waals surface area (Å²) >= 11 is 5.97. The molecule has 6 nitrogen and oxygen atoms in total. The van der Waals surface area contributed by atoms with Gasteiger partial charge in [-0.1, -0.05) is 55.5 Å². The smallest absolute Gasteiger partial charge is 0.264 e. The summed E-state index contributed by atoms with van der Waals surface area (Å²) in [4.78, 5) is 14.5. The van der Waals surface area contributed by atoms with Crippen LogP contribution in [-0.2, 0) is 14.8 Å². The SMILES string of the molecule is CCN(CCOc1ccccc1C(C)N(c1cc(F)ccc1F)S(=O)(=O)c1ccc(Cl)cc1)C(=O)CCC1CCCC1. The van der Waals surface area contributed by atoms with Crippen LogP contribution < -0.4 is 9.04 Å². The Kier molecular flexibility index (Phi) is 10.8. The van der Waals surface area contributed by atoms with E-state index in [2.05, 4.69) is 0 Å². The highest BCUT2D eigenvalue weighted by molar-refractivity contribution is 7.92. The van der Waals surface area contributed by atoms with Crippen molar-refractivity contribution in [3.8, 4) is 5.75 Å². The molecule has 0 spiro atoms. The number of benzene rings is 3. The zero-order valence-electron chi connectivity index (χ0n) is 23.9. The number of anilines is 1. The highest BCUT2D eigenvalue weighted by Crippen LogP contribution is 2.38. The Balaban J connectivity index is 1.57. The van der Waals surface area contributed by atoms with E-state index >= 15 is 4.39 Å². The lowest BCUT2D eigenvalue weighted by atomic mass is 10.0. The van der Waals surface area contributed by atoms with Crippen molar-refractivity contribution >= 4 is 33.2 Å². The third-order valence-electron chi connectivity index (χ3n) is 7.83. The molecule has 0 aromatic heterocycles. The number of hydrogen-bond acceptors (Lipinski definition) is 4. The van der Waals surface area contributed by atoms with Gasteiger partial charge in [0.1, 0.15) is 24.0 Å². The van der Waals surface area contributed by atoms with Gasteiger partial charge in [0, 0.05) is 29.6 Å². The predicted molar refractivity (Wildman–Crippen MR) is 161 cm³/mol. The third-order valence-corrected chi connectivity index (χ3v) is 9.98. The van der Waals surface area contributed by atoms with Crippen molar-refractivity contribution in [2.75, 3.05) is 24.0 Å². The van der Waals surface area contributed by atoms with Crippen molar-refractivity contribution < 1.29 is 26.7 Å². The normalized spacial score (nSPS) is 14.5. The van der Waals surface area contributed by atoms with Gasteiger partial charge in [-0.05, 0) is 68.7 Å². The minimum Gasteiger partial charge on any atom is -0.491 e. The highest BCUT2D eigenvalue weighted by atomic mass is 35.5. The van der Waals surface area contributed by atoms with Crippen LogP contribution in [0.4, 0.5) is 14.5 Å². The first-order chi connectivity index (χ1) is 20.1. The minimum absolute atomic E-state index is 0.0939. The number of para-hydroxylation sites is 1. The fourth-order valence-electron chi connectivity index (χ4n) is 5.51. The first-order valence-electron chi connectivity index (χ1n) is 14.4. The van der Waals surface area contributed by atoms with E-state index in [9.17, 15) is 17.6 Å². The molecule has 0 radical (unpaired) electrons. The van der Waals surface area contributed by atoms with Crippen LogP contribution in [0.15, 0.2) is 71.6 Å². The topological polar surface area (TPSA) is 66.9 Å². The van der Waals surface area contributed by atoms with E-state index in [0.29, 0.717) is 41.8 Å².